The van der Waals surface area contributed by atoms with E-state index in [0.29, 0.717) is 23.8 Å². The van der Waals surface area contributed by atoms with E-state index in [1.807, 2.05) is 44.2 Å². The summed E-state index contributed by atoms with van der Waals surface area (Å²) in [6.07, 6.45) is 7.90. The maximum Gasteiger partial charge on any atom is 0.341 e. The number of ether oxygens (including phenoxy) is 3. The summed E-state index contributed by atoms with van der Waals surface area (Å²) >= 11 is 0. The normalized spacial score (nSPS) is 28.5. The molecular weight excluding hydrogens is 306 g/mol. The summed E-state index contributed by atoms with van der Waals surface area (Å²) in [5.41, 5.74) is -0.248. The number of methoxy groups -OCH3 is 2. The number of rotatable bonds is 5. The van der Waals surface area contributed by atoms with Gasteiger partial charge in [-0.2, -0.15) is 0 Å². The second kappa shape index (κ2) is 5.82. The van der Waals surface area contributed by atoms with Crippen LogP contribution in [0.5, 0.6) is 11.5 Å². The van der Waals surface area contributed by atoms with E-state index in [-0.39, 0.29) is 5.97 Å². The molecule has 1 saturated carbocycles. The molecule has 24 heavy (non-hydrogen) atoms. The van der Waals surface area contributed by atoms with Crippen LogP contribution in [-0.2, 0) is 14.9 Å². The highest BCUT2D eigenvalue weighted by Crippen LogP contribution is 2.62. The van der Waals surface area contributed by atoms with Crippen molar-refractivity contribution in [3.8, 4) is 11.5 Å². The molecule has 1 aromatic rings. The van der Waals surface area contributed by atoms with Crippen molar-refractivity contribution in [1.82, 2.24) is 0 Å². The third-order valence-electron chi connectivity index (χ3n) is 4.80. The second-order valence-electron chi connectivity index (χ2n) is 6.16. The number of hydrogen-bond acceptors (Lipinski definition) is 5. The lowest BCUT2D eigenvalue weighted by Crippen LogP contribution is -2.26. The molecule has 5 nitrogen and oxygen atoms in total. The van der Waals surface area contributed by atoms with Crippen molar-refractivity contribution in [3.05, 3.63) is 48.1 Å². The van der Waals surface area contributed by atoms with E-state index in [1.54, 1.807) is 26.4 Å². The highest BCUT2D eigenvalue weighted by molar-refractivity contribution is 6.08. The predicted octanol–water partition coefficient (Wildman–Crippen LogP) is 3.19. The van der Waals surface area contributed by atoms with E-state index >= 15 is 0 Å². The number of benzene rings is 1. The third-order valence-corrected chi connectivity index (χ3v) is 4.80. The van der Waals surface area contributed by atoms with Crippen molar-refractivity contribution in [3.63, 3.8) is 0 Å². The second-order valence-corrected chi connectivity index (χ2v) is 6.16. The summed E-state index contributed by atoms with van der Waals surface area (Å²) in [4.78, 5) is 17.0. The summed E-state index contributed by atoms with van der Waals surface area (Å²) < 4.78 is 16.0. The average Bonchev–Trinajstić information content (AvgIpc) is 3.07. The molecule has 0 amide bonds. The number of aliphatic imine (C=N–C) groups is 1. The van der Waals surface area contributed by atoms with Crippen LogP contribution in [0.1, 0.15) is 25.8 Å². The molecule has 1 fully saturated rings. The van der Waals surface area contributed by atoms with Gasteiger partial charge in [-0.3, -0.25) is 0 Å². The highest BCUT2D eigenvalue weighted by Gasteiger charge is 2.74. The molecule has 126 valence electrons. The topological polar surface area (TPSA) is 57.1 Å². The standard InChI is InChI=1S/C19H21NO4/c1-5-6-7-8-16-20-19(17(21)24-16)12-18(19,2)13-9-10-14(22-3)15(11-13)23-4/h5-11H,12H2,1-4H3/b6-5+,8-7+/t18-,19-/m0/s1. The van der Waals surface area contributed by atoms with Crippen LogP contribution in [0.2, 0.25) is 0 Å². The SMILES string of the molecule is C/C=C/C=C/C1=N[C@@]2(C[C@@]2(C)c2ccc(OC)c(OC)c2)C(=O)O1. The fourth-order valence-corrected chi connectivity index (χ4v) is 3.20. The zero-order valence-corrected chi connectivity index (χ0v) is 14.3. The van der Waals surface area contributed by atoms with E-state index in [0.717, 1.165) is 5.56 Å². The van der Waals surface area contributed by atoms with Crippen LogP contribution < -0.4 is 9.47 Å². The lowest BCUT2D eigenvalue weighted by atomic mass is 9.92. The fourth-order valence-electron chi connectivity index (χ4n) is 3.20. The van der Waals surface area contributed by atoms with E-state index in [4.69, 9.17) is 14.2 Å². The van der Waals surface area contributed by atoms with Gasteiger partial charge >= 0.3 is 5.97 Å². The van der Waals surface area contributed by atoms with Gasteiger partial charge in [0.15, 0.2) is 17.0 Å². The van der Waals surface area contributed by atoms with Crippen LogP contribution >= 0.6 is 0 Å². The molecule has 0 unspecified atom stereocenters. The Bertz CT molecular complexity index is 765. The van der Waals surface area contributed by atoms with Crippen molar-refractivity contribution < 1.29 is 19.0 Å². The Kier molecular flexibility index (Phi) is 3.95. The van der Waals surface area contributed by atoms with Gasteiger partial charge in [-0.25, -0.2) is 9.79 Å². The first kappa shape index (κ1) is 16.3. The van der Waals surface area contributed by atoms with E-state index in [1.165, 1.54) is 0 Å². The Morgan fingerprint density at radius 1 is 1.21 bits per heavy atom. The molecule has 1 aromatic carbocycles. The van der Waals surface area contributed by atoms with Crippen molar-refractivity contribution in [2.45, 2.75) is 31.2 Å². The van der Waals surface area contributed by atoms with Crippen LogP contribution in [0, 0.1) is 0 Å². The lowest BCUT2D eigenvalue weighted by molar-refractivity contribution is -0.136. The van der Waals surface area contributed by atoms with E-state index in [9.17, 15) is 4.79 Å². The lowest BCUT2D eigenvalue weighted by Gasteiger charge is -2.16. The molecule has 0 saturated heterocycles. The summed E-state index contributed by atoms with van der Waals surface area (Å²) in [7, 11) is 3.19. The zero-order valence-electron chi connectivity index (χ0n) is 14.3. The molecule has 5 heteroatoms. The number of carbonyl (C=O) groups is 1. The largest absolute Gasteiger partial charge is 0.493 e. The van der Waals surface area contributed by atoms with Crippen molar-refractivity contribution in [1.29, 1.82) is 0 Å². The van der Waals surface area contributed by atoms with Crippen molar-refractivity contribution in [2.24, 2.45) is 4.99 Å². The van der Waals surface area contributed by atoms with Gasteiger partial charge in [0, 0.05) is 11.5 Å². The molecule has 0 radical (unpaired) electrons. The Morgan fingerprint density at radius 3 is 2.62 bits per heavy atom. The summed E-state index contributed by atoms with van der Waals surface area (Å²) in [5, 5.41) is 0. The first-order valence-electron chi connectivity index (χ1n) is 7.85. The maximum atomic E-state index is 12.4. The first-order valence-corrected chi connectivity index (χ1v) is 7.85. The van der Waals surface area contributed by atoms with Gasteiger partial charge < -0.3 is 14.2 Å². The van der Waals surface area contributed by atoms with Gasteiger partial charge in [0.2, 0.25) is 5.90 Å². The van der Waals surface area contributed by atoms with Crippen LogP contribution in [0.25, 0.3) is 0 Å². The summed E-state index contributed by atoms with van der Waals surface area (Å²) in [6.45, 7) is 3.95. The number of esters is 1. The smallest absolute Gasteiger partial charge is 0.341 e. The molecular formula is C19H21NO4. The van der Waals surface area contributed by atoms with E-state index < -0.39 is 11.0 Å². The summed E-state index contributed by atoms with van der Waals surface area (Å²) in [6, 6.07) is 5.71. The van der Waals surface area contributed by atoms with Gasteiger partial charge in [-0.05, 0) is 31.0 Å². The first-order chi connectivity index (χ1) is 11.5. The fraction of sp³-hybridized carbons (Fsp3) is 0.368. The van der Waals surface area contributed by atoms with Crippen LogP contribution in [0.4, 0.5) is 0 Å². The molecule has 1 aliphatic carbocycles. The number of hydrogen-bond donors (Lipinski definition) is 0. The third kappa shape index (κ3) is 2.31. The molecule has 0 bridgehead atoms. The number of nitrogens with zero attached hydrogens (tertiary/aromatic N) is 1. The molecule has 0 N–H and O–H groups in total. The number of cyclic esters (lactones) is 1. The quantitative estimate of drug-likeness (QED) is 0.615. The van der Waals surface area contributed by atoms with Gasteiger partial charge in [0.05, 0.1) is 14.2 Å². The Hall–Kier alpha value is -2.56. The number of carbonyl (C=O) groups excluding carboxylic acids is 1. The van der Waals surface area contributed by atoms with Crippen LogP contribution in [0.15, 0.2) is 47.5 Å². The van der Waals surface area contributed by atoms with Gasteiger partial charge in [0.1, 0.15) is 0 Å². The predicted molar refractivity (Wildman–Crippen MR) is 91.7 cm³/mol. The molecule has 3 rings (SSSR count). The monoisotopic (exact) mass is 327 g/mol. The van der Waals surface area contributed by atoms with Crippen molar-refractivity contribution >= 4 is 11.9 Å². The molecule has 1 spiro atoms. The molecule has 1 aliphatic heterocycles. The zero-order chi connectivity index (χ0) is 17.4. The Balaban J connectivity index is 1.93. The summed E-state index contributed by atoms with van der Waals surface area (Å²) in [5.74, 6) is 1.37. The van der Waals surface area contributed by atoms with Gasteiger partial charge in [-0.15, -0.1) is 0 Å². The minimum Gasteiger partial charge on any atom is -0.493 e. The van der Waals surface area contributed by atoms with Gasteiger partial charge in [0.25, 0.3) is 0 Å². The minimum atomic E-state index is -0.831. The molecule has 0 aromatic heterocycles. The molecule has 2 aliphatic rings. The Labute approximate surface area is 141 Å². The van der Waals surface area contributed by atoms with E-state index in [2.05, 4.69) is 4.99 Å². The maximum absolute atomic E-state index is 12.4. The van der Waals surface area contributed by atoms with Crippen LogP contribution in [-0.4, -0.2) is 31.6 Å². The average molecular weight is 327 g/mol. The Morgan fingerprint density at radius 2 is 1.96 bits per heavy atom. The molecule has 2 atom stereocenters. The van der Waals surface area contributed by atoms with Crippen molar-refractivity contribution in [2.75, 3.05) is 14.2 Å². The number of allylic oxidation sites excluding steroid dienone is 3. The molecule has 1 heterocycles. The van der Waals surface area contributed by atoms with Gasteiger partial charge in [-0.1, -0.05) is 31.2 Å². The minimum absolute atomic E-state index is 0.292. The van der Waals surface area contributed by atoms with Crippen LogP contribution in [0.3, 0.4) is 0 Å². The highest BCUT2D eigenvalue weighted by atomic mass is 16.6.